The highest BCUT2D eigenvalue weighted by Gasteiger charge is 2.41. The molecule has 0 unspecified atom stereocenters. The van der Waals surface area contributed by atoms with E-state index in [-0.39, 0.29) is 70.4 Å². The number of carboxylic acid groups (broad SMARTS) is 3. The highest BCUT2D eigenvalue weighted by atomic mass is 19.4. The first-order chi connectivity index (χ1) is 27.1. The van der Waals surface area contributed by atoms with Crippen LogP contribution in [0.1, 0.15) is 69.9 Å². The summed E-state index contributed by atoms with van der Waals surface area (Å²) in [7, 11) is 0. The number of carbonyl (C=O) groups is 7. The third-order valence-corrected chi connectivity index (χ3v) is 9.27. The number of amides is 4. The summed E-state index contributed by atoms with van der Waals surface area (Å²) in [5, 5.41) is 34.1. The van der Waals surface area contributed by atoms with Crippen LogP contribution in [0.25, 0.3) is 0 Å². The number of carboxylic acids is 3. The molecule has 1 aliphatic rings. The third kappa shape index (κ3) is 16.9. The van der Waals surface area contributed by atoms with Crippen molar-refractivity contribution < 1.29 is 62.1 Å². The number of nitrogens with zero attached hydrogens (tertiary/aromatic N) is 1. The van der Waals surface area contributed by atoms with Crippen LogP contribution in [-0.4, -0.2) is 111 Å². The number of alkyl halides is 3. The summed E-state index contributed by atoms with van der Waals surface area (Å²) < 4.78 is 31.7. The monoisotopic (exact) mass is 822 g/mol. The fraction of sp³-hybridized carbons (Fsp3) is 0.513. The molecule has 0 radical (unpaired) electrons. The standard InChI is InChI=1S/C37H52N6O8.C2HF3O2/c1-24(2)21-29(33(47)40-28(15-9-10-16-31(44)45)35(49)43-19-17-37(39,18-20-43)36(50)51)42-34(48)30(23-26-13-7-4-8-14-26)41-32(46)27(38)22-25-11-5-3-6-12-25;3-2(4,5)1(6)7/h3-8,11-14,24,27-30H,9-10,15-23,38-39H2,1-2H3,(H,40,47)(H,41,46)(H,42,48)(H,44,45)(H,50,51);(H,6,7)/t27-,28-,29-,30-;/m1./s1. The van der Waals surface area contributed by atoms with E-state index < -0.39 is 77.4 Å². The van der Waals surface area contributed by atoms with Crippen LogP contribution in [0, 0.1) is 5.92 Å². The molecule has 1 fully saturated rings. The average molecular weight is 823 g/mol. The van der Waals surface area contributed by atoms with Crippen molar-refractivity contribution in [2.75, 3.05) is 13.1 Å². The fourth-order valence-electron chi connectivity index (χ4n) is 5.99. The molecule has 2 aromatic carbocycles. The topological polar surface area (TPSA) is 272 Å². The lowest BCUT2D eigenvalue weighted by atomic mass is 9.88. The van der Waals surface area contributed by atoms with Crippen LogP contribution in [0.2, 0.25) is 0 Å². The second kappa shape index (κ2) is 23.0. The molecule has 3 rings (SSSR count). The first-order valence-corrected chi connectivity index (χ1v) is 18.7. The molecule has 1 aliphatic heterocycles. The number of halogens is 3. The molecular weight excluding hydrogens is 769 g/mol. The number of rotatable bonds is 19. The second-order valence-electron chi connectivity index (χ2n) is 14.5. The van der Waals surface area contributed by atoms with Crippen LogP contribution in [0.5, 0.6) is 0 Å². The molecule has 4 amide bonds. The fourth-order valence-corrected chi connectivity index (χ4v) is 5.99. The molecule has 320 valence electrons. The van der Waals surface area contributed by atoms with Gasteiger partial charge < -0.3 is 47.6 Å². The molecule has 58 heavy (non-hydrogen) atoms. The van der Waals surface area contributed by atoms with Gasteiger partial charge in [-0.25, -0.2) is 4.79 Å². The van der Waals surface area contributed by atoms with Gasteiger partial charge in [0.15, 0.2) is 0 Å². The number of benzene rings is 2. The van der Waals surface area contributed by atoms with Gasteiger partial charge in [0.2, 0.25) is 23.6 Å². The van der Waals surface area contributed by atoms with Crippen molar-refractivity contribution in [3.8, 4) is 0 Å². The highest BCUT2D eigenvalue weighted by molar-refractivity contribution is 5.95. The molecule has 19 heteroatoms. The van der Waals surface area contributed by atoms with E-state index in [1.165, 1.54) is 4.90 Å². The van der Waals surface area contributed by atoms with Gasteiger partial charge in [0.25, 0.3) is 0 Å². The van der Waals surface area contributed by atoms with Gasteiger partial charge in [-0.05, 0) is 55.6 Å². The normalized spacial score (nSPS) is 15.7. The summed E-state index contributed by atoms with van der Waals surface area (Å²) in [6.45, 7) is 3.90. The summed E-state index contributed by atoms with van der Waals surface area (Å²) in [6.07, 6.45) is -3.79. The number of hydrogen-bond acceptors (Lipinski definition) is 9. The molecule has 16 nitrogen and oxygen atoms in total. The van der Waals surface area contributed by atoms with E-state index in [0.717, 1.165) is 11.1 Å². The zero-order valence-electron chi connectivity index (χ0n) is 32.4. The quantitative estimate of drug-likeness (QED) is 0.0946. The molecule has 1 heterocycles. The first-order valence-electron chi connectivity index (χ1n) is 18.7. The van der Waals surface area contributed by atoms with Gasteiger partial charge in [0.1, 0.15) is 23.7 Å². The molecule has 0 aromatic heterocycles. The van der Waals surface area contributed by atoms with Crippen LogP contribution in [0.3, 0.4) is 0 Å². The lowest BCUT2D eigenvalue weighted by Crippen LogP contribution is -2.60. The Bertz CT molecular complexity index is 1690. The maximum Gasteiger partial charge on any atom is 0.490 e. The Hall–Kier alpha value is -5.56. The number of likely N-dealkylation sites (tertiary alicyclic amines) is 1. The molecule has 2 aromatic rings. The largest absolute Gasteiger partial charge is 0.490 e. The molecule has 0 spiro atoms. The van der Waals surface area contributed by atoms with Gasteiger partial charge in [0, 0.05) is 25.9 Å². The SMILES string of the molecule is CC(C)C[C@@H](NC(=O)[C@@H](Cc1ccccc1)NC(=O)[C@H](N)Cc1ccccc1)C(=O)N[C@H](CCCCC(=O)O)C(=O)N1CCC(N)(C(=O)O)CC1.O=C(O)C(F)(F)F. The Morgan fingerprint density at radius 3 is 1.67 bits per heavy atom. The van der Waals surface area contributed by atoms with Gasteiger partial charge in [-0.3, -0.25) is 28.8 Å². The number of aliphatic carboxylic acids is 3. The smallest absolute Gasteiger partial charge is 0.481 e. The van der Waals surface area contributed by atoms with Crippen molar-refractivity contribution in [3.63, 3.8) is 0 Å². The molecule has 4 atom stereocenters. The number of nitrogens with one attached hydrogen (secondary N) is 3. The summed E-state index contributed by atoms with van der Waals surface area (Å²) in [5.74, 6) is -7.14. The van der Waals surface area contributed by atoms with Crippen LogP contribution in [-0.2, 0) is 46.4 Å². The predicted molar refractivity (Wildman–Crippen MR) is 204 cm³/mol. The van der Waals surface area contributed by atoms with Crippen LogP contribution in [0.4, 0.5) is 13.2 Å². The Kier molecular flexibility index (Phi) is 19.3. The number of carbonyl (C=O) groups excluding carboxylic acids is 4. The van der Waals surface area contributed by atoms with Crippen molar-refractivity contribution >= 4 is 41.5 Å². The van der Waals surface area contributed by atoms with E-state index in [4.69, 9.17) is 26.5 Å². The van der Waals surface area contributed by atoms with E-state index in [2.05, 4.69) is 16.0 Å². The summed E-state index contributed by atoms with van der Waals surface area (Å²) in [6, 6.07) is 14.2. The average Bonchev–Trinajstić information content (AvgIpc) is 3.15. The van der Waals surface area contributed by atoms with Gasteiger partial charge in [-0.15, -0.1) is 0 Å². The van der Waals surface area contributed by atoms with E-state index in [9.17, 15) is 47.0 Å². The second-order valence-corrected chi connectivity index (χ2v) is 14.5. The molecule has 0 saturated carbocycles. The zero-order valence-corrected chi connectivity index (χ0v) is 32.4. The molecule has 0 bridgehead atoms. The van der Waals surface area contributed by atoms with Crippen LogP contribution >= 0.6 is 0 Å². The van der Waals surface area contributed by atoms with Gasteiger partial charge in [-0.2, -0.15) is 13.2 Å². The number of unbranched alkanes of at least 4 members (excludes halogenated alkanes) is 1. The van der Waals surface area contributed by atoms with E-state index in [0.29, 0.717) is 6.42 Å². The summed E-state index contributed by atoms with van der Waals surface area (Å²) >= 11 is 0. The summed E-state index contributed by atoms with van der Waals surface area (Å²) in [5.41, 5.74) is 12.4. The van der Waals surface area contributed by atoms with Crippen molar-refractivity contribution in [2.45, 2.75) is 108 Å². The molecule has 10 N–H and O–H groups in total. The van der Waals surface area contributed by atoms with E-state index in [1.54, 1.807) is 0 Å². The number of piperidine rings is 1. The lowest BCUT2D eigenvalue weighted by Gasteiger charge is -2.38. The van der Waals surface area contributed by atoms with Crippen molar-refractivity contribution in [2.24, 2.45) is 17.4 Å². The van der Waals surface area contributed by atoms with Gasteiger partial charge >= 0.3 is 24.1 Å². The first kappa shape index (κ1) is 48.6. The van der Waals surface area contributed by atoms with Crippen molar-refractivity contribution in [1.82, 2.24) is 20.9 Å². The number of hydrogen-bond donors (Lipinski definition) is 8. The van der Waals surface area contributed by atoms with Gasteiger partial charge in [-0.1, -0.05) is 80.9 Å². The van der Waals surface area contributed by atoms with E-state index >= 15 is 0 Å². The predicted octanol–water partition coefficient (Wildman–Crippen LogP) is 1.98. The molecule has 0 aliphatic carbocycles. The third-order valence-electron chi connectivity index (χ3n) is 9.27. The molecular formula is C39H53F3N6O10. The Morgan fingerprint density at radius 2 is 1.21 bits per heavy atom. The van der Waals surface area contributed by atoms with Gasteiger partial charge in [0.05, 0.1) is 6.04 Å². The minimum atomic E-state index is -5.08. The van der Waals surface area contributed by atoms with Crippen molar-refractivity contribution in [3.05, 3.63) is 71.8 Å². The molecule has 1 saturated heterocycles. The minimum absolute atomic E-state index is 0.0311. The Balaban J connectivity index is 0.00000151. The lowest BCUT2D eigenvalue weighted by molar-refractivity contribution is -0.192. The zero-order chi connectivity index (χ0) is 43.6. The van der Waals surface area contributed by atoms with Crippen LogP contribution in [0.15, 0.2) is 60.7 Å². The van der Waals surface area contributed by atoms with Crippen LogP contribution < -0.4 is 27.4 Å². The minimum Gasteiger partial charge on any atom is -0.481 e. The maximum atomic E-state index is 13.9. The maximum absolute atomic E-state index is 13.9. The summed E-state index contributed by atoms with van der Waals surface area (Å²) in [4.78, 5) is 87.8. The highest BCUT2D eigenvalue weighted by Crippen LogP contribution is 2.22. The Morgan fingerprint density at radius 1 is 0.741 bits per heavy atom. The Labute approximate surface area is 333 Å². The van der Waals surface area contributed by atoms with E-state index in [1.807, 2.05) is 74.5 Å². The number of nitrogens with two attached hydrogens (primary N) is 2. The van der Waals surface area contributed by atoms with Crippen molar-refractivity contribution in [1.29, 1.82) is 0 Å².